The monoisotopic (exact) mass is 257 g/mol. The fourth-order valence-electron chi connectivity index (χ4n) is 1.99. The summed E-state index contributed by atoms with van der Waals surface area (Å²) in [6, 6.07) is 9.19. The quantitative estimate of drug-likeness (QED) is 0.795. The molecule has 98 valence electrons. The summed E-state index contributed by atoms with van der Waals surface area (Å²) in [5.74, 6) is -0.560. The van der Waals surface area contributed by atoms with Crippen molar-refractivity contribution < 1.29 is 9.59 Å². The lowest BCUT2D eigenvalue weighted by Gasteiger charge is -2.40. The van der Waals surface area contributed by atoms with Gasteiger partial charge in [-0.25, -0.2) is 0 Å². The SMILES string of the molecule is CC1(C)C(=O)NC(=O)CN1Cc1ccc(C#N)cc1. The first-order valence-corrected chi connectivity index (χ1v) is 6.02. The van der Waals surface area contributed by atoms with Crippen LogP contribution in [-0.2, 0) is 16.1 Å². The second-order valence-corrected chi connectivity index (χ2v) is 5.10. The lowest BCUT2D eigenvalue weighted by molar-refractivity contribution is -0.145. The summed E-state index contributed by atoms with van der Waals surface area (Å²) in [7, 11) is 0. The molecule has 0 atom stereocenters. The summed E-state index contributed by atoms with van der Waals surface area (Å²) in [6.45, 7) is 4.27. The first-order chi connectivity index (χ1) is 8.93. The normalized spacial score (nSPS) is 18.8. The third-order valence-electron chi connectivity index (χ3n) is 3.39. The van der Waals surface area contributed by atoms with Crippen molar-refractivity contribution in [2.24, 2.45) is 0 Å². The van der Waals surface area contributed by atoms with Crippen LogP contribution in [-0.4, -0.2) is 28.8 Å². The van der Waals surface area contributed by atoms with Gasteiger partial charge in [-0.05, 0) is 31.5 Å². The molecule has 1 N–H and O–H groups in total. The molecular weight excluding hydrogens is 242 g/mol. The minimum atomic E-state index is -0.720. The average molecular weight is 257 g/mol. The number of hydrogen-bond donors (Lipinski definition) is 1. The van der Waals surface area contributed by atoms with Crippen LogP contribution in [0.1, 0.15) is 25.0 Å². The van der Waals surface area contributed by atoms with Crippen LogP contribution in [0.4, 0.5) is 0 Å². The Labute approximate surface area is 111 Å². The summed E-state index contributed by atoms with van der Waals surface area (Å²) in [5.41, 5.74) is 0.840. The van der Waals surface area contributed by atoms with Crippen LogP contribution >= 0.6 is 0 Å². The highest BCUT2D eigenvalue weighted by Crippen LogP contribution is 2.21. The van der Waals surface area contributed by atoms with Gasteiger partial charge in [-0.1, -0.05) is 12.1 Å². The van der Waals surface area contributed by atoms with E-state index >= 15 is 0 Å². The Hall–Kier alpha value is -2.19. The van der Waals surface area contributed by atoms with Crippen molar-refractivity contribution in [1.82, 2.24) is 10.2 Å². The number of hydrogen-bond acceptors (Lipinski definition) is 4. The van der Waals surface area contributed by atoms with Gasteiger partial charge in [-0.2, -0.15) is 5.26 Å². The third kappa shape index (κ3) is 2.64. The summed E-state index contributed by atoms with van der Waals surface area (Å²) in [5, 5.41) is 11.1. The molecule has 0 aliphatic carbocycles. The third-order valence-corrected chi connectivity index (χ3v) is 3.39. The summed E-state index contributed by atoms with van der Waals surface area (Å²) >= 11 is 0. The van der Waals surface area contributed by atoms with Crippen LogP contribution in [0.5, 0.6) is 0 Å². The Kier molecular flexibility index (Phi) is 3.36. The maximum absolute atomic E-state index is 11.8. The predicted molar refractivity (Wildman–Crippen MR) is 68.8 cm³/mol. The van der Waals surface area contributed by atoms with Crippen LogP contribution in [0, 0.1) is 11.3 Å². The van der Waals surface area contributed by atoms with E-state index in [-0.39, 0.29) is 18.4 Å². The molecule has 0 unspecified atom stereocenters. The number of carbonyl (C=O) groups excluding carboxylic acids is 2. The first-order valence-electron chi connectivity index (χ1n) is 6.02. The van der Waals surface area contributed by atoms with Gasteiger partial charge in [-0.3, -0.25) is 19.8 Å². The fraction of sp³-hybridized carbons (Fsp3) is 0.357. The van der Waals surface area contributed by atoms with Gasteiger partial charge >= 0.3 is 0 Å². The Bertz CT molecular complexity index is 555. The molecule has 5 nitrogen and oxygen atoms in total. The molecular formula is C14H15N3O2. The maximum atomic E-state index is 11.8. The number of nitriles is 1. The molecule has 2 amide bonds. The number of imide groups is 1. The highest BCUT2D eigenvalue weighted by molar-refractivity contribution is 6.02. The van der Waals surface area contributed by atoms with Crippen LogP contribution in [0.25, 0.3) is 0 Å². The van der Waals surface area contributed by atoms with E-state index in [4.69, 9.17) is 5.26 Å². The molecule has 1 aromatic carbocycles. The van der Waals surface area contributed by atoms with E-state index in [1.807, 2.05) is 17.0 Å². The first kappa shape index (κ1) is 13.2. The topological polar surface area (TPSA) is 73.2 Å². The largest absolute Gasteiger partial charge is 0.294 e. The Morgan fingerprint density at radius 3 is 2.53 bits per heavy atom. The van der Waals surface area contributed by atoms with Gasteiger partial charge in [-0.15, -0.1) is 0 Å². The predicted octanol–water partition coefficient (Wildman–Crippen LogP) is 0.795. The number of nitrogens with one attached hydrogen (secondary N) is 1. The number of piperazine rings is 1. The number of benzene rings is 1. The lowest BCUT2D eigenvalue weighted by Crippen LogP contribution is -2.63. The van der Waals surface area contributed by atoms with Crippen molar-refractivity contribution >= 4 is 11.8 Å². The van der Waals surface area contributed by atoms with Gasteiger partial charge in [0.2, 0.25) is 11.8 Å². The molecule has 0 aromatic heterocycles. The maximum Gasteiger partial charge on any atom is 0.246 e. The Morgan fingerprint density at radius 2 is 1.95 bits per heavy atom. The van der Waals surface area contributed by atoms with Gasteiger partial charge in [0, 0.05) is 6.54 Å². The molecule has 1 heterocycles. The highest BCUT2D eigenvalue weighted by Gasteiger charge is 2.40. The van der Waals surface area contributed by atoms with E-state index in [9.17, 15) is 9.59 Å². The molecule has 1 saturated heterocycles. The fourth-order valence-corrected chi connectivity index (χ4v) is 1.99. The Balaban J connectivity index is 2.18. The zero-order valence-electron chi connectivity index (χ0n) is 10.9. The van der Waals surface area contributed by atoms with Crippen molar-refractivity contribution in [3.8, 4) is 6.07 Å². The zero-order chi connectivity index (χ0) is 14.0. The second-order valence-electron chi connectivity index (χ2n) is 5.10. The minimum Gasteiger partial charge on any atom is -0.294 e. The van der Waals surface area contributed by atoms with Gasteiger partial charge in [0.05, 0.1) is 23.7 Å². The van der Waals surface area contributed by atoms with Crippen molar-refractivity contribution in [3.63, 3.8) is 0 Å². The zero-order valence-corrected chi connectivity index (χ0v) is 10.9. The summed E-state index contributed by atoms with van der Waals surface area (Å²) in [4.78, 5) is 25.1. The minimum absolute atomic E-state index is 0.193. The molecule has 1 aliphatic heterocycles. The average Bonchev–Trinajstić information content (AvgIpc) is 2.37. The number of amides is 2. The molecule has 1 aliphatic rings. The van der Waals surface area contributed by atoms with Crippen LogP contribution in [0.15, 0.2) is 24.3 Å². The molecule has 19 heavy (non-hydrogen) atoms. The van der Waals surface area contributed by atoms with E-state index in [1.54, 1.807) is 26.0 Å². The Morgan fingerprint density at radius 1 is 1.32 bits per heavy atom. The van der Waals surface area contributed by atoms with Crippen molar-refractivity contribution in [3.05, 3.63) is 35.4 Å². The molecule has 0 radical (unpaired) electrons. The van der Waals surface area contributed by atoms with Crippen molar-refractivity contribution in [2.75, 3.05) is 6.54 Å². The van der Waals surface area contributed by atoms with Gasteiger partial charge in [0.15, 0.2) is 0 Å². The van der Waals surface area contributed by atoms with Crippen molar-refractivity contribution in [2.45, 2.75) is 25.9 Å². The van der Waals surface area contributed by atoms with Crippen LogP contribution < -0.4 is 5.32 Å². The highest BCUT2D eigenvalue weighted by atomic mass is 16.2. The molecule has 0 spiro atoms. The van der Waals surface area contributed by atoms with E-state index in [1.165, 1.54) is 0 Å². The van der Waals surface area contributed by atoms with Crippen LogP contribution in [0.3, 0.4) is 0 Å². The molecule has 0 bridgehead atoms. The van der Waals surface area contributed by atoms with Gasteiger partial charge in [0.1, 0.15) is 0 Å². The van der Waals surface area contributed by atoms with Crippen LogP contribution in [0.2, 0.25) is 0 Å². The van der Waals surface area contributed by atoms with E-state index in [0.29, 0.717) is 12.1 Å². The second kappa shape index (κ2) is 4.82. The number of carbonyl (C=O) groups is 2. The molecule has 1 fully saturated rings. The summed E-state index contributed by atoms with van der Waals surface area (Å²) in [6.07, 6.45) is 0. The van der Waals surface area contributed by atoms with Gasteiger partial charge < -0.3 is 0 Å². The van der Waals surface area contributed by atoms with E-state index in [2.05, 4.69) is 11.4 Å². The van der Waals surface area contributed by atoms with Gasteiger partial charge in [0.25, 0.3) is 0 Å². The number of rotatable bonds is 2. The van der Waals surface area contributed by atoms with E-state index < -0.39 is 5.54 Å². The van der Waals surface area contributed by atoms with Crippen molar-refractivity contribution in [1.29, 1.82) is 5.26 Å². The molecule has 2 rings (SSSR count). The van der Waals surface area contributed by atoms with E-state index in [0.717, 1.165) is 5.56 Å². The lowest BCUT2D eigenvalue weighted by atomic mass is 9.97. The smallest absolute Gasteiger partial charge is 0.246 e. The standard InChI is InChI=1S/C14H15N3O2/c1-14(2)13(19)16-12(18)9-17(14)8-11-5-3-10(7-15)4-6-11/h3-6H,8-9H2,1-2H3,(H,16,18,19). The molecule has 0 saturated carbocycles. The number of nitrogens with zero attached hydrogens (tertiary/aromatic N) is 2. The molecule has 5 heteroatoms. The summed E-state index contributed by atoms with van der Waals surface area (Å²) < 4.78 is 0. The molecule has 1 aromatic rings.